The maximum absolute atomic E-state index is 10.2. The van der Waals surface area contributed by atoms with Gasteiger partial charge in [0.1, 0.15) is 0 Å². The van der Waals surface area contributed by atoms with E-state index in [4.69, 9.17) is 4.74 Å². The van der Waals surface area contributed by atoms with Gasteiger partial charge in [0.2, 0.25) is 0 Å². The van der Waals surface area contributed by atoms with Gasteiger partial charge in [-0.15, -0.1) is 0 Å². The molecule has 2 rings (SSSR count). The summed E-state index contributed by atoms with van der Waals surface area (Å²) in [5.41, 5.74) is 2.13. The standard InChI is InChI=1S/C15H23NO3/c1-12-3-2-4-13(9-12)15(18)5-6-16-7-8-19-11-14(16)10-17/h2-4,9,14-15,17-18H,5-8,10-11H2,1H3. The molecule has 0 bridgehead atoms. The molecule has 2 N–H and O–H groups in total. The van der Waals surface area contributed by atoms with Crippen molar-refractivity contribution < 1.29 is 14.9 Å². The molecule has 2 unspecified atom stereocenters. The Morgan fingerprint density at radius 3 is 3.05 bits per heavy atom. The van der Waals surface area contributed by atoms with Crippen molar-refractivity contribution in [3.8, 4) is 0 Å². The van der Waals surface area contributed by atoms with Crippen LogP contribution in [0.1, 0.15) is 23.7 Å². The number of rotatable bonds is 5. The first-order valence-corrected chi connectivity index (χ1v) is 6.88. The Kier molecular flexibility index (Phi) is 5.34. The zero-order valence-electron chi connectivity index (χ0n) is 11.5. The van der Waals surface area contributed by atoms with E-state index in [1.807, 2.05) is 31.2 Å². The highest BCUT2D eigenvalue weighted by Gasteiger charge is 2.22. The molecule has 1 aliphatic heterocycles. The number of aliphatic hydroxyl groups excluding tert-OH is 2. The van der Waals surface area contributed by atoms with E-state index in [1.165, 1.54) is 0 Å². The van der Waals surface area contributed by atoms with Gasteiger partial charge in [0.05, 0.1) is 32.0 Å². The molecule has 4 nitrogen and oxygen atoms in total. The molecule has 0 amide bonds. The Morgan fingerprint density at radius 1 is 1.47 bits per heavy atom. The minimum atomic E-state index is -0.443. The van der Waals surface area contributed by atoms with Crippen LogP contribution >= 0.6 is 0 Å². The lowest BCUT2D eigenvalue weighted by atomic mass is 10.0. The van der Waals surface area contributed by atoms with Crippen LogP contribution in [0.15, 0.2) is 24.3 Å². The Morgan fingerprint density at radius 2 is 2.32 bits per heavy atom. The predicted molar refractivity (Wildman–Crippen MR) is 74.0 cm³/mol. The summed E-state index contributed by atoms with van der Waals surface area (Å²) in [5.74, 6) is 0. The Bertz CT molecular complexity index is 397. The van der Waals surface area contributed by atoms with Gasteiger partial charge in [0, 0.05) is 13.1 Å². The lowest BCUT2D eigenvalue weighted by Crippen LogP contribution is -2.48. The molecule has 1 aromatic rings. The number of aryl methyl sites for hydroxylation is 1. The molecule has 1 aliphatic rings. The second-order valence-corrected chi connectivity index (χ2v) is 5.17. The summed E-state index contributed by atoms with van der Waals surface area (Å²) >= 11 is 0. The third-order valence-electron chi connectivity index (χ3n) is 3.68. The normalized spacial score (nSPS) is 22.4. The molecule has 4 heteroatoms. The minimum Gasteiger partial charge on any atom is -0.395 e. The highest BCUT2D eigenvalue weighted by molar-refractivity contribution is 5.23. The monoisotopic (exact) mass is 265 g/mol. The summed E-state index contributed by atoms with van der Waals surface area (Å²) in [6, 6.07) is 8.05. The number of morpholine rings is 1. The van der Waals surface area contributed by atoms with Gasteiger partial charge in [-0.05, 0) is 18.9 Å². The zero-order chi connectivity index (χ0) is 13.7. The molecule has 1 heterocycles. The van der Waals surface area contributed by atoms with Gasteiger partial charge < -0.3 is 14.9 Å². The highest BCUT2D eigenvalue weighted by Crippen LogP contribution is 2.19. The topological polar surface area (TPSA) is 52.9 Å². The second-order valence-electron chi connectivity index (χ2n) is 5.17. The number of nitrogens with zero attached hydrogens (tertiary/aromatic N) is 1. The summed E-state index contributed by atoms with van der Waals surface area (Å²) in [5, 5.41) is 19.5. The molecule has 0 aliphatic carbocycles. The van der Waals surface area contributed by atoms with Crippen LogP contribution in [-0.2, 0) is 4.74 Å². The van der Waals surface area contributed by atoms with E-state index < -0.39 is 6.10 Å². The molecule has 19 heavy (non-hydrogen) atoms. The summed E-state index contributed by atoms with van der Waals surface area (Å²) in [7, 11) is 0. The van der Waals surface area contributed by atoms with Crippen LogP contribution in [0.3, 0.4) is 0 Å². The Hall–Kier alpha value is -0.940. The lowest BCUT2D eigenvalue weighted by Gasteiger charge is -2.34. The van der Waals surface area contributed by atoms with Crippen molar-refractivity contribution in [1.29, 1.82) is 0 Å². The molecule has 106 valence electrons. The molecule has 1 saturated heterocycles. The van der Waals surface area contributed by atoms with Crippen LogP contribution in [0, 0.1) is 6.92 Å². The van der Waals surface area contributed by atoms with Gasteiger partial charge in [-0.1, -0.05) is 29.8 Å². The average Bonchev–Trinajstić information content (AvgIpc) is 2.45. The zero-order valence-corrected chi connectivity index (χ0v) is 11.5. The van der Waals surface area contributed by atoms with Gasteiger partial charge in [0.15, 0.2) is 0 Å². The summed E-state index contributed by atoms with van der Waals surface area (Å²) in [6.45, 7) is 5.03. The van der Waals surface area contributed by atoms with Crippen LogP contribution in [0.2, 0.25) is 0 Å². The first-order chi connectivity index (χ1) is 9.20. The van der Waals surface area contributed by atoms with Crippen LogP contribution in [0.25, 0.3) is 0 Å². The number of hydrogen-bond acceptors (Lipinski definition) is 4. The first-order valence-electron chi connectivity index (χ1n) is 6.88. The highest BCUT2D eigenvalue weighted by atomic mass is 16.5. The van der Waals surface area contributed by atoms with Crippen molar-refractivity contribution in [2.75, 3.05) is 32.9 Å². The minimum absolute atomic E-state index is 0.0680. The molecule has 0 aromatic heterocycles. The Balaban J connectivity index is 1.87. The number of aliphatic hydroxyl groups is 2. The smallest absolute Gasteiger partial charge is 0.0802 e. The van der Waals surface area contributed by atoms with Gasteiger partial charge >= 0.3 is 0 Å². The number of hydrogen-bond donors (Lipinski definition) is 2. The van der Waals surface area contributed by atoms with E-state index in [-0.39, 0.29) is 12.6 Å². The molecule has 2 atom stereocenters. The van der Waals surface area contributed by atoms with Gasteiger partial charge in [-0.25, -0.2) is 0 Å². The summed E-state index contributed by atoms with van der Waals surface area (Å²) in [6.07, 6.45) is 0.238. The van der Waals surface area contributed by atoms with E-state index in [1.54, 1.807) is 0 Å². The van der Waals surface area contributed by atoms with Crippen molar-refractivity contribution in [3.05, 3.63) is 35.4 Å². The van der Waals surface area contributed by atoms with Crippen LogP contribution in [0.4, 0.5) is 0 Å². The summed E-state index contributed by atoms with van der Waals surface area (Å²) < 4.78 is 5.35. The largest absolute Gasteiger partial charge is 0.395 e. The van der Waals surface area contributed by atoms with E-state index in [9.17, 15) is 10.2 Å². The van der Waals surface area contributed by atoms with Crippen molar-refractivity contribution in [2.45, 2.75) is 25.5 Å². The second kappa shape index (κ2) is 7.01. The molecule has 0 radical (unpaired) electrons. The van der Waals surface area contributed by atoms with Crippen molar-refractivity contribution in [2.24, 2.45) is 0 Å². The van der Waals surface area contributed by atoms with E-state index in [0.717, 1.165) is 24.2 Å². The first kappa shape index (κ1) is 14.5. The fraction of sp³-hybridized carbons (Fsp3) is 0.600. The SMILES string of the molecule is Cc1cccc(C(O)CCN2CCOCC2CO)c1. The van der Waals surface area contributed by atoms with Crippen molar-refractivity contribution in [3.63, 3.8) is 0 Å². The lowest BCUT2D eigenvalue weighted by molar-refractivity contribution is -0.0321. The van der Waals surface area contributed by atoms with Crippen LogP contribution in [-0.4, -0.2) is 54.1 Å². The molecule has 1 fully saturated rings. The van der Waals surface area contributed by atoms with Gasteiger partial charge in [-0.2, -0.15) is 0 Å². The molecule has 1 aromatic carbocycles. The number of ether oxygens (including phenoxy) is 1. The maximum Gasteiger partial charge on any atom is 0.0802 e. The average molecular weight is 265 g/mol. The van der Waals surface area contributed by atoms with Crippen LogP contribution < -0.4 is 0 Å². The third-order valence-corrected chi connectivity index (χ3v) is 3.68. The van der Waals surface area contributed by atoms with E-state index in [2.05, 4.69) is 4.90 Å². The van der Waals surface area contributed by atoms with Crippen molar-refractivity contribution in [1.82, 2.24) is 4.90 Å². The fourth-order valence-electron chi connectivity index (χ4n) is 2.48. The van der Waals surface area contributed by atoms with Crippen molar-refractivity contribution >= 4 is 0 Å². The summed E-state index contributed by atoms with van der Waals surface area (Å²) in [4.78, 5) is 2.20. The van der Waals surface area contributed by atoms with Gasteiger partial charge in [0.25, 0.3) is 0 Å². The third kappa shape index (κ3) is 4.01. The molecular formula is C15H23NO3. The number of benzene rings is 1. The Labute approximate surface area is 114 Å². The van der Waals surface area contributed by atoms with Crippen LogP contribution in [0.5, 0.6) is 0 Å². The van der Waals surface area contributed by atoms with E-state index >= 15 is 0 Å². The predicted octanol–water partition coefficient (Wildman–Crippen LogP) is 1.11. The maximum atomic E-state index is 10.2. The molecular weight excluding hydrogens is 242 g/mol. The fourth-order valence-corrected chi connectivity index (χ4v) is 2.48. The quantitative estimate of drug-likeness (QED) is 0.837. The molecule has 0 spiro atoms. The molecule has 0 saturated carbocycles. The van der Waals surface area contributed by atoms with E-state index in [0.29, 0.717) is 19.6 Å². The van der Waals surface area contributed by atoms with Gasteiger partial charge in [-0.3, -0.25) is 4.90 Å².